The van der Waals surface area contributed by atoms with Gasteiger partial charge in [0.2, 0.25) is 5.84 Å². The topological polar surface area (TPSA) is 75.4 Å². The van der Waals surface area contributed by atoms with Gasteiger partial charge in [0, 0.05) is 12.5 Å². The summed E-state index contributed by atoms with van der Waals surface area (Å²) in [6.45, 7) is 1.36. The Morgan fingerprint density at radius 2 is 1.48 bits per heavy atom. The van der Waals surface area contributed by atoms with E-state index < -0.39 is 0 Å². The average Bonchev–Trinajstić information content (AvgIpc) is 2.70. The van der Waals surface area contributed by atoms with E-state index in [0.717, 1.165) is 16.9 Å². The Kier molecular flexibility index (Phi) is 6.04. The van der Waals surface area contributed by atoms with Crippen molar-refractivity contribution < 1.29 is 9.53 Å². The lowest BCUT2D eigenvalue weighted by Gasteiger charge is -2.05. The van der Waals surface area contributed by atoms with Crippen LogP contribution in [0.1, 0.15) is 12.5 Å². The molecule has 3 aromatic carbocycles. The van der Waals surface area contributed by atoms with Crippen LogP contribution in [0.5, 0.6) is 5.75 Å². The monoisotopic (exact) mass is 358 g/mol. The molecule has 0 amide bonds. The Balaban J connectivity index is 1.86. The SMILES string of the molecule is CC(=O)Oc1ccc(C(N=Nc2ccccc2)=NNc2ccccc2)cc1. The minimum absolute atomic E-state index is 0.369. The van der Waals surface area contributed by atoms with Crippen molar-refractivity contribution in [2.45, 2.75) is 6.92 Å². The van der Waals surface area contributed by atoms with E-state index in [1.165, 1.54) is 6.92 Å². The predicted octanol–water partition coefficient (Wildman–Crippen LogP) is 5.17. The molecule has 0 aliphatic heterocycles. The van der Waals surface area contributed by atoms with Crippen LogP contribution in [0.3, 0.4) is 0 Å². The van der Waals surface area contributed by atoms with Crippen molar-refractivity contribution in [2.24, 2.45) is 15.3 Å². The third-order valence-corrected chi connectivity index (χ3v) is 3.46. The summed E-state index contributed by atoms with van der Waals surface area (Å²) in [7, 11) is 0. The molecule has 0 saturated carbocycles. The van der Waals surface area contributed by atoms with E-state index in [0.29, 0.717) is 11.6 Å². The number of anilines is 1. The molecule has 3 rings (SSSR count). The first-order chi connectivity index (χ1) is 13.2. The number of para-hydroxylation sites is 1. The number of rotatable bonds is 5. The molecule has 6 heteroatoms. The molecule has 1 N–H and O–H groups in total. The number of carbonyl (C=O) groups is 1. The van der Waals surface area contributed by atoms with Crippen molar-refractivity contribution in [3.63, 3.8) is 0 Å². The van der Waals surface area contributed by atoms with E-state index in [1.807, 2.05) is 60.7 Å². The Morgan fingerprint density at radius 3 is 2.11 bits per heavy atom. The highest BCUT2D eigenvalue weighted by atomic mass is 16.5. The van der Waals surface area contributed by atoms with Crippen LogP contribution >= 0.6 is 0 Å². The molecule has 0 radical (unpaired) electrons. The van der Waals surface area contributed by atoms with E-state index >= 15 is 0 Å². The first kappa shape index (κ1) is 18.0. The number of hydrogen-bond acceptors (Lipinski definition) is 5. The molecule has 0 fully saturated rings. The van der Waals surface area contributed by atoms with Gasteiger partial charge in [0.1, 0.15) is 5.75 Å². The van der Waals surface area contributed by atoms with Crippen molar-refractivity contribution in [1.29, 1.82) is 0 Å². The molecule has 0 heterocycles. The zero-order valence-corrected chi connectivity index (χ0v) is 14.7. The van der Waals surface area contributed by atoms with Crippen LogP contribution in [0.25, 0.3) is 0 Å². The van der Waals surface area contributed by atoms with Gasteiger partial charge in [-0.25, -0.2) is 0 Å². The second-order valence-corrected chi connectivity index (χ2v) is 5.57. The highest BCUT2D eigenvalue weighted by Crippen LogP contribution is 2.16. The van der Waals surface area contributed by atoms with E-state index in [4.69, 9.17) is 4.74 Å². The van der Waals surface area contributed by atoms with Crippen molar-refractivity contribution in [1.82, 2.24) is 0 Å². The van der Waals surface area contributed by atoms with Gasteiger partial charge in [-0.3, -0.25) is 10.2 Å². The Morgan fingerprint density at radius 1 is 0.852 bits per heavy atom. The zero-order chi connectivity index (χ0) is 18.9. The van der Waals surface area contributed by atoms with Crippen LogP contribution in [0.2, 0.25) is 0 Å². The average molecular weight is 358 g/mol. The van der Waals surface area contributed by atoms with Crippen molar-refractivity contribution in [3.8, 4) is 5.75 Å². The molecule has 27 heavy (non-hydrogen) atoms. The third kappa shape index (κ3) is 5.61. The number of carbonyl (C=O) groups excluding carboxylic acids is 1. The number of benzene rings is 3. The summed E-state index contributed by atoms with van der Waals surface area (Å²) >= 11 is 0. The van der Waals surface area contributed by atoms with Crippen molar-refractivity contribution >= 4 is 23.2 Å². The smallest absolute Gasteiger partial charge is 0.308 e. The van der Waals surface area contributed by atoms with Crippen LogP contribution in [-0.4, -0.2) is 11.8 Å². The minimum Gasteiger partial charge on any atom is -0.427 e. The molecular weight excluding hydrogens is 340 g/mol. The maximum atomic E-state index is 11.1. The summed E-state index contributed by atoms with van der Waals surface area (Å²) in [5.74, 6) is 0.491. The molecular formula is C21H18N4O2. The number of ether oxygens (including phenoxy) is 1. The Hall–Kier alpha value is -3.80. The van der Waals surface area contributed by atoms with Crippen LogP contribution in [0.4, 0.5) is 11.4 Å². The summed E-state index contributed by atoms with van der Waals surface area (Å²) in [4.78, 5) is 11.1. The van der Waals surface area contributed by atoms with E-state index in [2.05, 4.69) is 20.8 Å². The Bertz CT molecular complexity index is 937. The van der Waals surface area contributed by atoms with Crippen LogP contribution in [0, 0.1) is 0 Å². The van der Waals surface area contributed by atoms with E-state index in [1.54, 1.807) is 24.3 Å². The van der Waals surface area contributed by atoms with Gasteiger partial charge in [0.15, 0.2) is 0 Å². The fourth-order valence-corrected chi connectivity index (χ4v) is 2.21. The first-order valence-electron chi connectivity index (χ1n) is 8.35. The number of hydrazone groups is 1. The van der Waals surface area contributed by atoms with E-state index in [-0.39, 0.29) is 5.97 Å². The molecule has 0 aliphatic rings. The zero-order valence-electron chi connectivity index (χ0n) is 14.7. The van der Waals surface area contributed by atoms with Crippen molar-refractivity contribution in [2.75, 3.05) is 5.43 Å². The number of nitrogens with one attached hydrogen (secondary N) is 1. The molecule has 0 atom stereocenters. The normalized spacial score (nSPS) is 11.4. The second-order valence-electron chi connectivity index (χ2n) is 5.57. The molecule has 0 saturated heterocycles. The standard InChI is InChI=1S/C21H18N4O2/c1-16(26)27-20-14-12-17(13-15-20)21(24-22-18-8-4-2-5-9-18)25-23-19-10-6-3-7-11-19/h2-15,22H,1H3. The van der Waals surface area contributed by atoms with Crippen LogP contribution in [-0.2, 0) is 4.79 Å². The van der Waals surface area contributed by atoms with Crippen LogP contribution < -0.4 is 10.2 Å². The lowest BCUT2D eigenvalue weighted by atomic mass is 10.2. The largest absolute Gasteiger partial charge is 0.427 e. The van der Waals surface area contributed by atoms with E-state index in [9.17, 15) is 4.79 Å². The van der Waals surface area contributed by atoms with Gasteiger partial charge in [-0.05, 0) is 48.5 Å². The van der Waals surface area contributed by atoms with Gasteiger partial charge in [0.05, 0.1) is 11.4 Å². The molecule has 134 valence electrons. The summed E-state index contributed by atoms with van der Waals surface area (Å²) in [6.07, 6.45) is 0. The van der Waals surface area contributed by atoms with Crippen molar-refractivity contribution in [3.05, 3.63) is 90.5 Å². The molecule has 0 bridgehead atoms. The summed E-state index contributed by atoms with van der Waals surface area (Å²) in [5, 5.41) is 12.9. The predicted molar refractivity (Wildman–Crippen MR) is 105 cm³/mol. The third-order valence-electron chi connectivity index (χ3n) is 3.46. The molecule has 0 unspecified atom stereocenters. The van der Waals surface area contributed by atoms with Gasteiger partial charge in [-0.1, -0.05) is 36.4 Å². The molecule has 0 aromatic heterocycles. The van der Waals surface area contributed by atoms with Gasteiger partial charge < -0.3 is 4.74 Å². The fourth-order valence-electron chi connectivity index (χ4n) is 2.21. The first-order valence-corrected chi connectivity index (χ1v) is 8.35. The number of amidine groups is 1. The number of esters is 1. The molecule has 6 nitrogen and oxygen atoms in total. The lowest BCUT2D eigenvalue weighted by molar-refractivity contribution is -0.131. The van der Waals surface area contributed by atoms with Gasteiger partial charge in [-0.15, -0.1) is 10.2 Å². The quantitative estimate of drug-likeness (QED) is 0.171. The van der Waals surface area contributed by atoms with Gasteiger partial charge in [-0.2, -0.15) is 5.10 Å². The second kappa shape index (κ2) is 9.05. The number of hydrogen-bond donors (Lipinski definition) is 1. The maximum absolute atomic E-state index is 11.1. The summed E-state index contributed by atoms with van der Waals surface area (Å²) in [6, 6.07) is 25.9. The number of nitrogens with zero attached hydrogens (tertiary/aromatic N) is 3. The molecule has 0 aliphatic carbocycles. The minimum atomic E-state index is -0.369. The Labute approximate surface area is 157 Å². The van der Waals surface area contributed by atoms with Gasteiger partial charge in [0.25, 0.3) is 0 Å². The maximum Gasteiger partial charge on any atom is 0.308 e. The molecule has 0 spiro atoms. The number of azo groups is 1. The summed E-state index contributed by atoms with van der Waals surface area (Å²) < 4.78 is 5.06. The van der Waals surface area contributed by atoms with Crippen LogP contribution in [0.15, 0.2) is 100 Å². The van der Waals surface area contributed by atoms with Gasteiger partial charge >= 0.3 is 5.97 Å². The molecule has 3 aromatic rings. The fraction of sp³-hybridized carbons (Fsp3) is 0.0476. The highest BCUT2D eigenvalue weighted by Gasteiger charge is 2.05. The lowest BCUT2D eigenvalue weighted by Crippen LogP contribution is -2.03. The highest BCUT2D eigenvalue weighted by molar-refractivity contribution is 5.99. The summed E-state index contributed by atoms with van der Waals surface area (Å²) in [5.41, 5.74) is 5.26.